The molecule has 4 heteroatoms. The van der Waals surface area contributed by atoms with Gasteiger partial charge >= 0.3 is 0 Å². The molecule has 146 valence electrons. The van der Waals surface area contributed by atoms with E-state index in [0.29, 0.717) is 6.04 Å². The highest BCUT2D eigenvalue weighted by atomic mass is 16.5. The van der Waals surface area contributed by atoms with E-state index in [0.717, 1.165) is 36.6 Å². The summed E-state index contributed by atoms with van der Waals surface area (Å²) in [4.78, 5) is 0. The number of nitrogens with one attached hydrogen (secondary N) is 2. The van der Waals surface area contributed by atoms with Crippen molar-refractivity contribution in [3.63, 3.8) is 0 Å². The Hall–Kier alpha value is -2.04. The molecule has 2 N–H and O–H groups in total. The van der Waals surface area contributed by atoms with Crippen molar-refractivity contribution in [1.29, 1.82) is 0 Å². The first kappa shape index (κ1) is 19.7. The minimum atomic E-state index is -0.0375. The van der Waals surface area contributed by atoms with Crippen molar-refractivity contribution < 1.29 is 9.47 Å². The van der Waals surface area contributed by atoms with Crippen molar-refractivity contribution in [2.45, 2.75) is 58.3 Å². The fraction of sp³-hybridized carbons (Fsp3) is 0.478. The van der Waals surface area contributed by atoms with Gasteiger partial charge in [0.15, 0.2) is 0 Å². The highest BCUT2D eigenvalue weighted by Gasteiger charge is 2.23. The lowest BCUT2D eigenvalue weighted by molar-refractivity contribution is 0.254. The summed E-state index contributed by atoms with van der Waals surface area (Å²) in [6.07, 6.45) is 1.20. The molecule has 1 aliphatic rings. The number of hydrogen-bond donors (Lipinski definition) is 2. The molecule has 0 saturated carbocycles. The van der Waals surface area contributed by atoms with Crippen molar-refractivity contribution >= 4 is 0 Å². The minimum Gasteiger partial charge on any atom is -0.496 e. The zero-order valence-electron chi connectivity index (χ0n) is 17.1. The van der Waals surface area contributed by atoms with Crippen LogP contribution in [0.5, 0.6) is 11.5 Å². The highest BCUT2D eigenvalue weighted by Crippen LogP contribution is 2.35. The average Bonchev–Trinajstić information content (AvgIpc) is 3.00. The molecule has 0 aliphatic carbocycles. The molecular formula is C23H32N2O2. The van der Waals surface area contributed by atoms with Crippen molar-refractivity contribution in [3.05, 3.63) is 59.2 Å². The van der Waals surface area contributed by atoms with Crippen LogP contribution in [0.25, 0.3) is 0 Å². The van der Waals surface area contributed by atoms with Gasteiger partial charge in [0.1, 0.15) is 17.6 Å². The molecule has 0 aromatic heterocycles. The second-order valence-corrected chi connectivity index (χ2v) is 8.17. The van der Waals surface area contributed by atoms with Gasteiger partial charge in [-0.15, -0.1) is 0 Å². The minimum absolute atomic E-state index is 0.0375. The van der Waals surface area contributed by atoms with Crippen molar-refractivity contribution in [1.82, 2.24) is 10.6 Å². The monoisotopic (exact) mass is 368 g/mol. The fourth-order valence-corrected chi connectivity index (χ4v) is 3.78. The Labute approximate surface area is 163 Å². The van der Waals surface area contributed by atoms with Gasteiger partial charge in [0.2, 0.25) is 0 Å². The number of rotatable bonds is 8. The lowest BCUT2D eigenvalue weighted by atomic mass is 10.0. The number of methoxy groups -OCH3 is 1. The van der Waals surface area contributed by atoms with E-state index in [9.17, 15) is 0 Å². The molecule has 1 aliphatic heterocycles. The van der Waals surface area contributed by atoms with Crippen LogP contribution in [0.3, 0.4) is 0 Å². The van der Waals surface area contributed by atoms with Gasteiger partial charge in [-0.05, 0) is 45.4 Å². The third-order valence-corrected chi connectivity index (χ3v) is 5.09. The molecular weight excluding hydrogens is 336 g/mol. The summed E-state index contributed by atoms with van der Waals surface area (Å²) in [6.45, 7) is 10.4. The van der Waals surface area contributed by atoms with Crippen LogP contribution in [0.1, 0.15) is 50.4 Å². The maximum atomic E-state index is 5.90. The summed E-state index contributed by atoms with van der Waals surface area (Å²) in [6, 6.07) is 15.1. The van der Waals surface area contributed by atoms with Crippen molar-refractivity contribution in [3.8, 4) is 11.5 Å². The van der Waals surface area contributed by atoms with Crippen molar-refractivity contribution in [2.24, 2.45) is 0 Å². The topological polar surface area (TPSA) is 42.5 Å². The first-order valence-electron chi connectivity index (χ1n) is 9.78. The Morgan fingerprint density at radius 2 is 1.96 bits per heavy atom. The van der Waals surface area contributed by atoms with Crippen LogP contribution in [0.15, 0.2) is 42.5 Å². The molecule has 0 fully saturated rings. The van der Waals surface area contributed by atoms with Gasteiger partial charge in [-0.1, -0.05) is 30.3 Å². The second-order valence-electron chi connectivity index (χ2n) is 8.17. The average molecular weight is 369 g/mol. The van der Waals surface area contributed by atoms with Crippen LogP contribution in [-0.4, -0.2) is 25.3 Å². The molecule has 3 rings (SSSR count). The lowest BCUT2D eigenvalue weighted by Crippen LogP contribution is -2.48. The van der Waals surface area contributed by atoms with Gasteiger partial charge in [0.25, 0.3) is 0 Å². The zero-order chi connectivity index (χ0) is 19.4. The molecule has 2 aromatic carbocycles. The summed E-state index contributed by atoms with van der Waals surface area (Å²) in [7, 11) is 1.73. The number of fused-ring (bicyclic) bond motifs is 1. The van der Waals surface area contributed by atoms with Crippen LogP contribution in [0.2, 0.25) is 0 Å². The normalized spacial score (nSPS) is 17.3. The SMILES string of the molecule is COc1cc2c(cc1CNCC(C)(C)NC(C)c1ccccc1)OC(C)C2. The van der Waals surface area contributed by atoms with Crippen LogP contribution in [-0.2, 0) is 13.0 Å². The summed E-state index contributed by atoms with van der Waals surface area (Å²) < 4.78 is 11.5. The molecule has 1 heterocycles. The maximum Gasteiger partial charge on any atom is 0.123 e. The predicted octanol–water partition coefficient (Wildman–Crippen LogP) is 4.24. The van der Waals surface area contributed by atoms with Crippen LogP contribution in [0, 0.1) is 0 Å². The standard InChI is InChI=1S/C23H32N2O2/c1-16-11-19-12-21(26-5)20(13-22(19)27-16)14-24-15-23(3,4)25-17(2)18-9-7-6-8-10-18/h6-10,12-13,16-17,24-25H,11,14-15H2,1-5H3. The Morgan fingerprint density at radius 3 is 2.67 bits per heavy atom. The number of ether oxygens (including phenoxy) is 2. The molecule has 2 aromatic rings. The van der Waals surface area contributed by atoms with Gasteiger partial charge in [-0.3, -0.25) is 0 Å². The zero-order valence-corrected chi connectivity index (χ0v) is 17.1. The van der Waals surface area contributed by atoms with E-state index in [1.54, 1.807) is 7.11 Å². The molecule has 0 radical (unpaired) electrons. The van der Waals surface area contributed by atoms with Gasteiger partial charge in [0, 0.05) is 42.2 Å². The van der Waals surface area contributed by atoms with Crippen molar-refractivity contribution in [2.75, 3.05) is 13.7 Å². The molecule has 27 heavy (non-hydrogen) atoms. The fourth-order valence-electron chi connectivity index (χ4n) is 3.78. The highest BCUT2D eigenvalue weighted by molar-refractivity contribution is 5.48. The van der Waals surface area contributed by atoms with Gasteiger partial charge in [0.05, 0.1) is 7.11 Å². The largest absolute Gasteiger partial charge is 0.496 e. The van der Waals surface area contributed by atoms with E-state index in [4.69, 9.17) is 9.47 Å². The molecule has 0 spiro atoms. The maximum absolute atomic E-state index is 5.90. The van der Waals surface area contributed by atoms with Crippen LogP contribution in [0.4, 0.5) is 0 Å². The molecule has 0 amide bonds. The van der Waals surface area contributed by atoms with E-state index in [2.05, 4.69) is 80.8 Å². The van der Waals surface area contributed by atoms with E-state index in [1.807, 2.05) is 0 Å². The third-order valence-electron chi connectivity index (χ3n) is 5.09. The quantitative estimate of drug-likeness (QED) is 0.731. The Bertz CT molecular complexity index is 758. The Balaban J connectivity index is 1.58. The Kier molecular flexibility index (Phi) is 6.08. The van der Waals surface area contributed by atoms with Gasteiger partial charge < -0.3 is 20.1 Å². The van der Waals surface area contributed by atoms with Crippen LogP contribution < -0.4 is 20.1 Å². The van der Waals surface area contributed by atoms with E-state index >= 15 is 0 Å². The van der Waals surface area contributed by atoms with E-state index in [1.165, 1.54) is 11.1 Å². The molecule has 2 atom stereocenters. The first-order chi connectivity index (χ1) is 12.9. The second kappa shape index (κ2) is 8.32. The number of benzene rings is 2. The molecule has 0 saturated heterocycles. The summed E-state index contributed by atoms with van der Waals surface area (Å²) in [5.74, 6) is 1.93. The summed E-state index contributed by atoms with van der Waals surface area (Å²) in [5, 5.41) is 7.29. The van der Waals surface area contributed by atoms with Crippen LogP contribution >= 0.6 is 0 Å². The third kappa shape index (κ3) is 5.02. The molecule has 2 unspecified atom stereocenters. The van der Waals surface area contributed by atoms with Gasteiger partial charge in [-0.2, -0.15) is 0 Å². The smallest absolute Gasteiger partial charge is 0.123 e. The van der Waals surface area contributed by atoms with E-state index in [-0.39, 0.29) is 11.6 Å². The molecule has 0 bridgehead atoms. The predicted molar refractivity (Wildman–Crippen MR) is 111 cm³/mol. The van der Waals surface area contributed by atoms with E-state index < -0.39 is 0 Å². The Morgan fingerprint density at radius 1 is 1.22 bits per heavy atom. The van der Waals surface area contributed by atoms with Gasteiger partial charge in [-0.25, -0.2) is 0 Å². The lowest BCUT2D eigenvalue weighted by Gasteiger charge is -2.31. The number of hydrogen-bond acceptors (Lipinski definition) is 4. The first-order valence-corrected chi connectivity index (χ1v) is 9.78. The summed E-state index contributed by atoms with van der Waals surface area (Å²) in [5.41, 5.74) is 3.64. The summed E-state index contributed by atoms with van der Waals surface area (Å²) >= 11 is 0. The molecule has 4 nitrogen and oxygen atoms in total.